The topological polar surface area (TPSA) is 64.1 Å². The molecule has 8 aromatic carbocycles. The Kier molecular flexibility index (Phi) is 9.05. The van der Waals surface area contributed by atoms with Gasteiger partial charge >= 0.3 is 0 Å². The first-order valence-electron chi connectivity index (χ1n) is 20.6. The molecular weight excluding hydrogens is 747 g/mol. The fourth-order valence-electron chi connectivity index (χ4n) is 8.87. The minimum atomic E-state index is 0.150. The maximum atomic E-state index is 12.7. The van der Waals surface area contributed by atoms with E-state index in [2.05, 4.69) is 149 Å². The van der Waals surface area contributed by atoms with Crippen LogP contribution in [0.1, 0.15) is 22.3 Å². The van der Waals surface area contributed by atoms with Crippen molar-refractivity contribution in [3.63, 3.8) is 0 Å². The monoisotopic (exact) mass is 785 g/mol. The zero-order valence-electron chi connectivity index (χ0n) is 33.2. The summed E-state index contributed by atoms with van der Waals surface area (Å²) in [6.45, 7) is 0. The third kappa shape index (κ3) is 6.53. The number of aromatic nitrogens is 3. The summed E-state index contributed by atoms with van der Waals surface area (Å²) in [5.41, 5.74) is 13.2. The highest BCUT2D eigenvalue weighted by molar-refractivity contribution is 6.08. The Morgan fingerprint density at radius 3 is 1.79 bits per heavy atom. The van der Waals surface area contributed by atoms with Crippen LogP contribution in [0.2, 0.25) is 0 Å². The van der Waals surface area contributed by atoms with Gasteiger partial charge in [-0.1, -0.05) is 176 Å². The van der Waals surface area contributed by atoms with E-state index in [1.54, 1.807) is 0 Å². The van der Waals surface area contributed by atoms with Crippen LogP contribution in [0.15, 0.2) is 211 Å². The van der Waals surface area contributed by atoms with E-state index in [4.69, 9.17) is 9.40 Å². The van der Waals surface area contributed by atoms with Crippen LogP contribution in [0.3, 0.4) is 0 Å². The van der Waals surface area contributed by atoms with Crippen molar-refractivity contribution < 1.29 is 9.52 Å². The number of hydrogen-bond acceptors (Lipinski definition) is 4. The van der Waals surface area contributed by atoms with Crippen LogP contribution < -0.4 is 0 Å². The van der Waals surface area contributed by atoms with E-state index in [0.717, 1.165) is 83.3 Å². The highest BCUT2D eigenvalue weighted by atomic mass is 16.3. The summed E-state index contributed by atoms with van der Waals surface area (Å²) in [5, 5.41) is 17.0. The van der Waals surface area contributed by atoms with E-state index in [-0.39, 0.29) is 5.75 Å². The van der Waals surface area contributed by atoms with Gasteiger partial charge in [0.15, 0.2) is 0 Å². The van der Waals surface area contributed by atoms with Crippen LogP contribution in [0, 0.1) is 0 Å². The van der Waals surface area contributed by atoms with Gasteiger partial charge in [0.2, 0.25) is 0 Å². The number of nitrogens with zero attached hydrogens (tertiary/aromatic N) is 3. The van der Waals surface area contributed by atoms with Crippen LogP contribution >= 0.6 is 0 Å². The smallest absolute Gasteiger partial charge is 0.145 e. The molecule has 5 heteroatoms. The maximum Gasteiger partial charge on any atom is 0.145 e. The largest absolute Gasteiger partial charge is 0.507 e. The molecule has 0 radical (unpaired) electrons. The number of pyridine rings is 1. The number of rotatable bonds is 9. The molecule has 0 amide bonds. The standard InChI is InChI=1S/C56H39N3O2/c60-54-49(51-36-59(56(58-51)39-21-8-3-9-22-39)53-45(37-17-4-1-5-18-37)28-16-29-46(53)38-19-6-2-7-20-38)33-48-47-27-14-15-30-52(47)61-55(48)50(54)32-41-24-11-10-23-40(41)31-43-35-57-34-42-25-12-13-26-44(42)43/h1-30,33-36,60H,31-32H2. The first kappa shape index (κ1) is 36.1. The highest BCUT2D eigenvalue weighted by Crippen LogP contribution is 2.45. The Bertz CT molecular complexity index is 3310. The molecule has 0 fully saturated rings. The lowest BCUT2D eigenvalue weighted by molar-refractivity contribution is 0.470. The van der Waals surface area contributed by atoms with E-state index < -0.39 is 0 Å². The van der Waals surface area contributed by atoms with E-state index in [1.165, 1.54) is 5.39 Å². The molecule has 3 aromatic heterocycles. The second-order valence-corrected chi connectivity index (χ2v) is 15.5. The Morgan fingerprint density at radius 2 is 1.08 bits per heavy atom. The molecule has 1 N–H and O–H groups in total. The lowest BCUT2D eigenvalue weighted by Crippen LogP contribution is -2.02. The van der Waals surface area contributed by atoms with E-state index in [9.17, 15) is 5.11 Å². The predicted molar refractivity (Wildman–Crippen MR) is 248 cm³/mol. The third-order valence-corrected chi connectivity index (χ3v) is 11.8. The molecule has 0 atom stereocenters. The number of imidazole rings is 1. The summed E-state index contributed by atoms with van der Waals surface area (Å²) in [6.07, 6.45) is 7.12. The van der Waals surface area contributed by atoms with Gasteiger partial charge in [-0.05, 0) is 51.8 Å². The summed E-state index contributed by atoms with van der Waals surface area (Å²) in [5.74, 6) is 0.917. The van der Waals surface area contributed by atoms with Gasteiger partial charge in [-0.3, -0.25) is 9.55 Å². The quantitative estimate of drug-likeness (QED) is 0.158. The number of fused-ring (bicyclic) bond motifs is 4. The molecule has 11 aromatic rings. The average molecular weight is 786 g/mol. The lowest BCUT2D eigenvalue weighted by Gasteiger charge is -2.18. The molecule has 0 aliphatic heterocycles. The van der Waals surface area contributed by atoms with Crippen LogP contribution in [-0.2, 0) is 12.8 Å². The van der Waals surface area contributed by atoms with Crippen molar-refractivity contribution >= 4 is 32.7 Å². The molecule has 3 heterocycles. The molecule has 61 heavy (non-hydrogen) atoms. The number of phenols is 1. The molecule has 290 valence electrons. The minimum Gasteiger partial charge on any atom is -0.507 e. The van der Waals surface area contributed by atoms with Gasteiger partial charge in [-0.2, -0.15) is 0 Å². The summed E-state index contributed by atoms with van der Waals surface area (Å²) in [7, 11) is 0. The van der Waals surface area contributed by atoms with Gasteiger partial charge in [-0.25, -0.2) is 4.98 Å². The molecule has 0 saturated carbocycles. The number of hydrogen-bond donors (Lipinski definition) is 1. The van der Waals surface area contributed by atoms with Gasteiger partial charge in [0.05, 0.1) is 11.4 Å². The van der Waals surface area contributed by atoms with Gasteiger partial charge < -0.3 is 9.52 Å². The fraction of sp³-hybridized carbons (Fsp3) is 0.0357. The maximum absolute atomic E-state index is 12.7. The molecule has 0 unspecified atom stereocenters. The Hall–Kier alpha value is -8.02. The molecule has 11 rings (SSSR count). The first-order chi connectivity index (χ1) is 30.2. The second kappa shape index (κ2) is 15.3. The van der Waals surface area contributed by atoms with Gasteiger partial charge in [-0.15, -0.1) is 0 Å². The summed E-state index contributed by atoms with van der Waals surface area (Å²) >= 11 is 0. The zero-order chi connectivity index (χ0) is 40.7. The molecule has 0 aliphatic rings. The summed E-state index contributed by atoms with van der Waals surface area (Å²) < 4.78 is 8.85. The van der Waals surface area contributed by atoms with Crippen LogP contribution in [0.5, 0.6) is 5.75 Å². The van der Waals surface area contributed by atoms with Gasteiger partial charge in [0.1, 0.15) is 22.7 Å². The van der Waals surface area contributed by atoms with Crippen LogP contribution in [0.4, 0.5) is 0 Å². The first-order valence-corrected chi connectivity index (χ1v) is 20.6. The molecule has 0 saturated heterocycles. The van der Waals surface area contributed by atoms with E-state index in [0.29, 0.717) is 29.7 Å². The summed E-state index contributed by atoms with van der Waals surface area (Å²) in [4.78, 5) is 10.0. The fourth-order valence-corrected chi connectivity index (χ4v) is 8.87. The molecular formula is C56H39N3O2. The lowest BCUT2D eigenvalue weighted by atomic mass is 9.91. The number of para-hydroxylation sites is 2. The van der Waals surface area contributed by atoms with Crippen molar-refractivity contribution in [2.24, 2.45) is 0 Å². The van der Waals surface area contributed by atoms with Crippen molar-refractivity contribution in [1.29, 1.82) is 0 Å². The SMILES string of the molecule is Oc1c(-c2cn(-c3c(-c4ccccc4)cccc3-c3ccccc3)c(-c3ccccc3)n2)cc2c(oc3ccccc32)c1Cc1ccccc1Cc1cncc2ccccc12. The minimum absolute atomic E-state index is 0.150. The van der Waals surface area contributed by atoms with E-state index in [1.807, 2.05) is 67.0 Å². The number of benzene rings is 8. The zero-order valence-corrected chi connectivity index (χ0v) is 33.2. The number of furan rings is 1. The molecule has 5 nitrogen and oxygen atoms in total. The Morgan fingerprint density at radius 1 is 0.492 bits per heavy atom. The average Bonchev–Trinajstić information content (AvgIpc) is 3.93. The predicted octanol–water partition coefficient (Wildman–Crippen LogP) is 13.9. The number of phenolic OH excluding ortho intramolecular Hbond substituents is 1. The van der Waals surface area contributed by atoms with Gasteiger partial charge in [0.25, 0.3) is 0 Å². The van der Waals surface area contributed by atoms with E-state index >= 15 is 0 Å². The van der Waals surface area contributed by atoms with Crippen molar-refractivity contribution in [2.75, 3.05) is 0 Å². The number of aromatic hydroxyl groups is 1. The summed E-state index contributed by atoms with van der Waals surface area (Å²) in [6, 6.07) is 64.8. The second-order valence-electron chi connectivity index (χ2n) is 15.5. The van der Waals surface area contributed by atoms with Crippen LogP contribution in [-0.4, -0.2) is 19.6 Å². The molecule has 0 bridgehead atoms. The van der Waals surface area contributed by atoms with Crippen molar-refractivity contribution in [3.05, 3.63) is 229 Å². The normalized spacial score (nSPS) is 11.5. The Labute approximate surface area is 353 Å². The van der Waals surface area contributed by atoms with Gasteiger partial charge in [0, 0.05) is 69.0 Å². The Balaban J connectivity index is 1.13. The molecule has 0 aliphatic carbocycles. The van der Waals surface area contributed by atoms with Crippen molar-refractivity contribution in [3.8, 4) is 56.3 Å². The highest BCUT2D eigenvalue weighted by Gasteiger charge is 2.25. The van der Waals surface area contributed by atoms with Crippen molar-refractivity contribution in [2.45, 2.75) is 12.8 Å². The molecule has 0 spiro atoms. The van der Waals surface area contributed by atoms with Crippen molar-refractivity contribution in [1.82, 2.24) is 14.5 Å². The third-order valence-electron chi connectivity index (χ3n) is 11.8. The van der Waals surface area contributed by atoms with Crippen LogP contribution in [0.25, 0.3) is 83.3 Å².